The molecule has 1 aromatic carbocycles. The number of hydrogen-bond donors (Lipinski definition) is 1. The van der Waals surface area contributed by atoms with Gasteiger partial charge in [0, 0.05) is 30.9 Å². The van der Waals surface area contributed by atoms with Crippen LogP contribution in [-0.4, -0.2) is 63.2 Å². The molecule has 0 aliphatic heterocycles. The molecular weight excluding hydrogens is 330 g/mol. The normalized spacial score (nSPS) is 12.5. The van der Waals surface area contributed by atoms with E-state index in [1.54, 1.807) is 18.1 Å². The monoisotopic (exact) mass is 355 g/mol. The molecule has 0 amide bonds. The number of aliphatic hydroxyl groups excluding tert-OH is 1. The Balaban J connectivity index is 2.04. The molecule has 0 spiro atoms. The van der Waals surface area contributed by atoms with Crippen molar-refractivity contribution in [3.8, 4) is 28.3 Å². The summed E-state index contributed by atoms with van der Waals surface area (Å²) < 4.78 is 9.09. The second-order valence-electron chi connectivity index (χ2n) is 6.64. The van der Waals surface area contributed by atoms with E-state index in [0.717, 1.165) is 28.3 Å². The molecular formula is C19H25N5O2. The zero-order valence-electron chi connectivity index (χ0n) is 15.6. The van der Waals surface area contributed by atoms with E-state index in [1.165, 1.54) is 0 Å². The summed E-state index contributed by atoms with van der Waals surface area (Å²) in [6, 6.07) is 7.82. The molecule has 0 bridgehead atoms. The van der Waals surface area contributed by atoms with Crippen LogP contribution in [0.4, 0.5) is 0 Å². The predicted molar refractivity (Wildman–Crippen MR) is 101 cm³/mol. The van der Waals surface area contributed by atoms with Gasteiger partial charge in [-0.25, -0.2) is 4.98 Å². The van der Waals surface area contributed by atoms with Crippen LogP contribution in [0.2, 0.25) is 0 Å². The first-order valence-corrected chi connectivity index (χ1v) is 8.49. The number of rotatable bonds is 7. The second-order valence-corrected chi connectivity index (χ2v) is 6.64. The lowest BCUT2D eigenvalue weighted by molar-refractivity contribution is 0.120. The number of aryl methyl sites for hydroxylation is 1. The second kappa shape index (κ2) is 7.72. The molecule has 0 radical (unpaired) electrons. The van der Waals surface area contributed by atoms with Gasteiger partial charge in [0.05, 0.1) is 43.7 Å². The highest BCUT2D eigenvalue weighted by atomic mass is 16.5. The predicted octanol–water partition coefficient (Wildman–Crippen LogP) is 1.88. The maximum atomic E-state index is 10.4. The molecule has 7 heteroatoms. The number of hydrogen-bond acceptors (Lipinski definition) is 5. The molecule has 2 heterocycles. The van der Waals surface area contributed by atoms with Crippen LogP contribution >= 0.6 is 0 Å². The molecule has 0 saturated carbocycles. The third-order valence-electron chi connectivity index (χ3n) is 4.14. The van der Waals surface area contributed by atoms with Crippen molar-refractivity contribution in [1.29, 1.82) is 0 Å². The minimum Gasteiger partial charge on any atom is -0.497 e. The van der Waals surface area contributed by atoms with Gasteiger partial charge in [0.25, 0.3) is 0 Å². The quantitative estimate of drug-likeness (QED) is 0.701. The molecule has 1 atom stereocenters. The van der Waals surface area contributed by atoms with Crippen molar-refractivity contribution in [1.82, 2.24) is 24.2 Å². The Kier molecular flexibility index (Phi) is 5.39. The number of ether oxygens (including phenoxy) is 1. The third kappa shape index (κ3) is 3.95. The van der Waals surface area contributed by atoms with Gasteiger partial charge in [0.1, 0.15) is 5.75 Å². The van der Waals surface area contributed by atoms with E-state index in [-0.39, 0.29) is 0 Å². The summed E-state index contributed by atoms with van der Waals surface area (Å²) in [6.45, 7) is 1.04. The fourth-order valence-corrected chi connectivity index (χ4v) is 3.05. The van der Waals surface area contributed by atoms with Gasteiger partial charge in [-0.2, -0.15) is 5.10 Å². The van der Waals surface area contributed by atoms with Crippen molar-refractivity contribution in [2.75, 3.05) is 27.7 Å². The number of imidazole rings is 1. The van der Waals surface area contributed by atoms with Crippen LogP contribution in [0.5, 0.6) is 5.75 Å². The molecule has 1 unspecified atom stereocenters. The van der Waals surface area contributed by atoms with Gasteiger partial charge in [-0.15, -0.1) is 0 Å². The summed E-state index contributed by atoms with van der Waals surface area (Å²) in [5.74, 6) is 0.779. The lowest BCUT2D eigenvalue weighted by Crippen LogP contribution is -2.29. The molecule has 3 rings (SSSR count). The number of aromatic nitrogens is 4. The Hall–Kier alpha value is -2.64. The van der Waals surface area contributed by atoms with Gasteiger partial charge in [-0.05, 0) is 26.2 Å². The molecule has 0 saturated heterocycles. The number of likely N-dealkylation sites (N-methyl/N-ethyl adjacent to an activating group) is 1. The van der Waals surface area contributed by atoms with Crippen molar-refractivity contribution in [3.05, 3.63) is 43.0 Å². The van der Waals surface area contributed by atoms with Crippen molar-refractivity contribution in [3.63, 3.8) is 0 Å². The van der Waals surface area contributed by atoms with Gasteiger partial charge in [-0.3, -0.25) is 4.68 Å². The Morgan fingerprint density at radius 1 is 1.27 bits per heavy atom. The minimum absolute atomic E-state index is 0.458. The van der Waals surface area contributed by atoms with Crippen LogP contribution in [0.25, 0.3) is 22.5 Å². The zero-order valence-corrected chi connectivity index (χ0v) is 15.6. The summed E-state index contributed by atoms with van der Waals surface area (Å²) >= 11 is 0. The maximum Gasteiger partial charge on any atom is 0.119 e. The minimum atomic E-state index is -0.493. The van der Waals surface area contributed by atoms with Crippen molar-refractivity contribution < 1.29 is 9.84 Å². The van der Waals surface area contributed by atoms with Crippen LogP contribution < -0.4 is 4.74 Å². The zero-order chi connectivity index (χ0) is 18.7. The molecule has 1 N–H and O–H groups in total. The standard InChI is InChI=1S/C19H25N5O2/c1-22(2)11-16(25)12-24-13-20-18(14-6-5-7-17(8-14)26-4)19(24)15-9-21-23(3)10-15/h5-10,13,16,25H,11-12H2,1-4H3. The van der Waals surface area contributed by atoms with E-state index in [1.807, 2.05) is 67.3 Å². The van der Waals surface area contributed by atoms with Crippen molar-refractivity contribution in [2.24, 2.45) is 7.05 Å². The van der Waals surface area contributed by atoms with Gasteiger partial charge in [0.2, 0.25) is 0 Å². The van der Waals surface area contributed by atoms with Crippen LogP contribution in [0, 0.1) is 0 Å². The lowest BCUT2D eigenvalue weighted by atomic mass is 10.1. The van der Waals surface area contributed by atoms with E-state index in [9.17, 15) is 5.11 Å². The van der Waals surface area contributed by atoms with Gasteiger partial charge in [0.15, 0.2) is 0 Å². The number of aliphatic hydroxyl groups is 1. The molecule has 7 nitrogen and oxygen atoms in total. The average molecular weight is 355 g/mol. The maximum absolute atomic E-state index is 10.4. The first-order chi connectivity index (χ1) is 12.5. The van der Waals surface area contributed by atoms with E-state index >= 15 is 0 Å². The van der Waals surface area contributed by atoms with E-state index < -0.39 is 6.10 Å². The average Bonchev–Trinajstić information content (AvgIpc) is 3.20. The van der Waals surface area contributed by atoms with Crippen LogP contribution in [0.15, 0.2) is 43.0 Å². The smallest absolute Gasteiger partial charge is 0.119 e. The Bertz CT molecular complexity index is 868. The summed E-state index contributed by atoms with van der Waals surface area (Å²) in [7, 11) is 7.43. The lowest BCUT2D eigenvalue weighted by Gasteiger charge is -2.18. The van der Waals surface area contributed by atoms with Crippen LogP contribution in [-0.2, 0) is 13.6 Å². The molecule has 0 fully saturated rings. The Morgan fingerprint density at radius 3 is 2.73 bits per heavy atom. The first kappa shape index (κ1) is 18.2. The van der Waals surface area contributed by atoms with Gasteiger partial charge in [-0.1, -0.05) is 12.1 Å². The first-order valence-electron chi connectivity index (χ1n) is 8.49. The molecule has 2 aromatic heterocycles. The summed E-state index contributed by atoms with van der Waals surface area (Å²) in [4.78, 5) is 6.59. The van der Waals surface area contributed by atoms with Crippen molar-refractivity contribution in [2.45, 2.75) is 12.6 Å². The van der Waals surface area contributed by atoms with E-state index in [4.69, 9.17) is 4.74 Å². The third-order valence-corrected chi connectivity index (χ3v) is 4.14. The molecule has 138 valence electrons. The summed E-state index contributed by atoms with van der Waals surface area (Å²) in [5.41, 5.74) is 3.70. The highest BCUT2D eigenvalue weighted by molar-refractivity contribution is 5.78. The van der Waals surface area contributed by atoms with Gasteiger partial charge >= 0.3 is 0 Å². The fraction of sp³-hybridized carbons (Fsp3) is 0.368. The number of nitrogens with zero attached hydrogens (tertiary/aromatic N) is 5. The van der Waals surface area contributed by atoms with Gasteiger partial charge < -0.3 is 19.3 Å². The number of methoxy groups -OCH3 is 1. The van der Waals surface area contributed by atoms with E-state index in [2.05, 4.69) is 10.1 Å². The highest BCUT2D eigenvalue weighted by Gasteiger charge is 2.19. The molecule has 0 aliphatic carbocycles. The Morgan fingerprint density at radius 2 is 2.08 bits per heavy atom. The largest absolute Gasteiger partial charge is 0.497 e. The van der Waals surface area contributed by atoms with Crippen LogP contribution in [0.1, 0.15) is 0 Å². The summed E-state index contributed by atoms with van der Waals surface area (Å²) in [5, 5.41) is 14.7. The SMILES string of the molecule is COc1cccc(-c2ncn(CC(O)CN(C)C)c2-c2cnn(C)c2)c1. The van der Waals surface area contributed by atoms with Crippen molar-refractivity contribution >= 4 is 0 Å². The molecule has 3 aromatic rings. The van der Waals surface area contributed by atoms with Crippen LogP contribution in [0.3, 0.4) is 0 Å². The Labute approximate surface area is 153 Å². The molecule has 26 heavy (non-hydrogen) atoms. The van der Waals surface area contributed by atoms with E-state index in [0.29, 0.717) is 13.1 Å². The topological polar surface area (TPSA) is 68.3 Å². The number of benzene rings is 1. The fourth-order valence-electron chi connectivity index (χ4n) is 3.05. The highest BCUT2D eigenvalue weighted by Crippen LogP contribution is 2.32. The molecule has 0 aliphatic rings. The summed E-state index contributed by atoms with van der Waals surface area (Å²) in [6.07, 6.45) is 5.05.